The number of carbonyl (C=O) groups is 1. The molecule has 2 aromatic rings. The van der Waals surface area contributed by atoms with Crippen LogP contribution in [0.5, 0.6) is 5.75 Å². The zero-order chi connectivity index (χ0) is 15.0. The number of carbonyl (C=O) groups excluding carboxylic acids is 1. The summed E-state index contributed by atoms with van der Waals surface area (Å²) in [6.45, 7) is 4.89. The normalized spacial score (nSPS) is 18.7. The Balaban J connectivity index is 2.13. The predicted molar refractivity (Wildman–Crippen MR) is 80.6 cm³/mol. The molecular weight excluding hydrogens is 268 g/mol. The number of piperazine rings is 1. The monoisotopic (exact) mass is 286 g/mol. The molecule has 0 saturated carbocycles. The second kappa shape index (κ2) is 5.20. The molecule has 0 radical (unpaired) electrons. The number of nitrogens with one attached hydrogen (secondary N) is 1. The Bertz CT molecular complexity index is 701. The van der Waals surface area contributed by atoms with Gasteiger partial charge in [-0.25, -0.2) is 9.97 Å². The maximum absolute atomic E-state index is 11.8. The van der Waals surface area contributed by atoms with Crippen molar-refractivity contribution in [3.8, 4) is 5.75 Å². The third-order valence-electron chi connectivity index (χ3n) is 3.53. The van der Waals surface area contributed by atoms with Crippen molar-refractivity contribution in [1.29, 1.82) is 0 Å². The molecule has 0 spiro atoms. The fourth-order valence-electron chi connectivity index (χ4n) is 2.67. The van der Waals surface area contributed by atoms with Gasteiger partial charge in [-0.05, 0) is 32.0 Å². The van der Waals surface area contributed by atoms with E-state index in [0.29, 0.717) is 12.4 Å². The van der Waals surface area contributed by atoms with Gasteiger partial charge in [-0.2, -0.15) is 0 Å². The molecule has 1 aliphatic rings. The van der Waals surface area contributed by atoms with E-state index in [2.05, 4.69) is 15.3 Å². The van der Waals surface area contributed by atoms with E-state index in [-0.39, 0.29) is 11.9 Å². The number of nitrogens with zero attached hydrogens (tertiary/aromatic N) is 3. The summed E-state index contributed by atoms with van der Waals surface area (Å²) in [5.41, 5.74) is 0.858. The SMILES string of the molecule is COc1ccc2nc(C)nc(N3CC(=O)NC(C)C3)c2c1. The van der Waals surface area contributed by atoms with Crippen LogP contribution in [-0.2, 0) is 4.79 Å². The van der Waals surface area contributed by atoms with Crippen molar-refractivity contribution < 1.29 is 9.53 Å². The lowest BCUT2D eigenvalue weighted by molar-refractivity contribution is -0.121. The van der Waals surface area contributed by atoms with Crippen LogP contribution in [-0.4, -0.2) is 42.1 Å². The van der Waals surface area contributed by atoms with Gasteiger partial charge in [0, 0.05) is 18.0 Å². The lowest BCUT2D eigenvalue weighted by atomic mass is 10.1. The van der Waals surface area contributed by atoms with Crippen molar-refractivity contribution in [1.82, 2.24) is 15.3 Å². The first kappa shape index (κ1) is 13.6. The van der Waals surface area contributed by atoms with Crippen molar-refractivity contribution in [2.45, 2.75) is 19.9 Å². The molecule has 0 aliphatic carbocycles. The Hall–Kier alpha value is -2.37. The number of ether oxygens (including phenoxy) is 1. The second-order valence-electron chi connectivity index (χ2n) is 5.33. The number of hydrogen-bond donors (Lipinski definition) is 1. The molecule has 1 atom stereocenters. The zero-order valence-corrected chi connectivity index (χ0v) is 12.4. The van der Waals surface area contributed by atoms with E-state index >= 15 is 0 Å². The van der Waals surface area contributed by atoms with E-state index in [9.17, 15) is 4.79 Å². The fourth-order valence-corrected chi connectivity index (χ4v) is 2.67. The maximum atomic E-state index is 11.8. The maximum Gasteiger partial charge on any atom is 0.239 e. The molecule has 0 bridgehead atoms. The number of benzene rings is 1. The van der Waals surface area contributed by atoms with Crippen molar-refractivity contribution in [2.24, 2.45) is 0 Å². The molecule has 6 heteroatoms. The highest BCUT2D eigenvalue weighted by Crippen LogP contribution is 2.28. The molecule has 110 valence electrons. The first-order valence-electron chi connectivity index (χ1n) is 6.93. The molecule has 1 aromatic carbocycles. The van der Waals surface area contributed by atoms with Crippen LogP contribution in [0.2, 0.25) is 0 Å². The fraction of sp³-hybridized carbons (Fsp3) is 0.400. The Labute approximate surface area is 123 Å². The van der Waals surface area contributed by atoms with Gasteiger partial charge in [0.1, 0.15) is 17.4 Å². The Morgan fingerprint density at radius 2 is 2.19 bits per heavy atom. The lowest BCUT2D eigenvalue weighted by Gasteiger charge is -2.32. The summed E-state index contributed by atoms with van der Waals surface area (Å²) in [6.07, 6.45) is 0. The van der Waals surface area contributed by atoms with Gasteiger partial charge in [-0.1, -0.05) is 0 Å². The predicted octanol–water partition coefficient (Wildman–Crippen LogP) is 1.27. The largest absolute Gasteiger partial charge is 0.497 e. The van der Waals surface area contributed by atoms with Gasteiger partial charge in [0.25, 0.3) is 0 Å². The standard InChI is InChI=1S/C15H18N4O2/c1-9-7-19(8-14(20)16-9)15-12-6-11(21-3)4-5-13(12)17-10(2)18-15/h4-6,9H,7-8H2,1-3H3,(H,16,20). The van der Waals surface area contributed by atoms with Crippen LogP contribution < -0.4 is 15.0 Å². The zero-order valence-electron chi connectivity index (χ0n) is 12.4. The summed E-state index contributed by atoms with van der Waals surface area (Å²) in [7, 11) is 1.63. The van der Waals surface area contributed by atoms with Crippen LogP contribution in [0.15, 0.2) is 18.2 Å². The van der Waals surface area contributed by atoms with E-state index in [4.69, 9.17) is 4.74 Å². The highest BCUT2D eigenvalue weighted by molar-refractivity contribution is 5.93. The smallest absolute Gasteiger partial charge is 0.239 e. The van der Waals surface area contributed by atoms with Crippen molar-refractivity contribution in [3.05, 3.63) is 24.0 Å². The molecule has 3 rings (SSSR count). The van der Waals surface area contributed by atoms with Crippen molar-refractivity contribution in [2.75, 3.05) is 25.1 Å². The first-order valence-corrected chi connectivity index (χ1v) is 6.93. The molecule has 1 fully saturated rings. The number of amides is 1. The van der Waals surface area contributed by atoms with Gasteiger partial charge >= 0.3 is 0 Å². The minimum absolute atomic E-state index is 0.0149. The number of anilines is 1. The van der Waals surface area contributed by atoms with Gasteiger partial charge in [-0.3, -0.25) is 4.79 Å². The average Bonchev–Trinajstić information content (AvgIpc) is 2.44. The van der Waals surface area contributed by atoms with Crippen LogP contribution in [0.4, 0.5) is 5.82 Å². The summed E-state index contributed by atoms with van der Waals surface area (Å²) in [6, 6.07) is 5.81. The summed E-state index contributed by atoms with van der Waals surface area (Å²) in [4.78, 5) is 22.8. The van der Waals surface area contributed by atoms with Crippen LogP contribution in [0.3, 0.4) is 0 Å². The minimum Gasteiger partial charge on any atom is -0.497 e. The quantitative estimate of drug-likeness (QED) is 0.900. The molecule has 1 aromatic heterocycles. The number of aryl methyl sites for hydroxylation is 1. The van der Waals surface area contributed by atoms with Crippen molar-refractivity contribution in [3.63, 3.8) is 0 Å². The van der Waals surface area contributed by atoms with E-state index < -0.39 is 0 Å². The molecule has 1 saturated heterocycles. The molecular formula is C15H18N4O2. The number of fused-ring (bicyclic) bond motifs is 1. The number of rotatable bonds is 2. The minimum atomic E-state index is 0.0149. The van der Waals surface area contributed by atoms with Crippen LogP contribution in [0.25, 0.3) is 10.9 Å². The van der Waals surface area contributed by atoms with Gasteiger partial charge in [0.15, 0.2) is 0 Å². The summed E-state index contributed by atoms with van der Waals surface area (Å²) in [5.74, 6) is 2.26. The van der Waals surface area contributed by atoms with Gasteiger partial charge in [0.2, 0.25) is 5.91 Å². The molecule has 21 heavy (non-hydrogen) atoms. The topological polar surface area (TPSA) is 67.4 Å². The van der Waals surface area contributed by atoms with E-state index in [1.54, 1.807) is 7.11 Å². The van der Waals surface area contributed by atoms with Gasteiger partial charge < -0.3 is 15.0 Å². The third-order valence-corrected chi connectivity index (χ3v) is 3.53. The van der Waals surface area contributed by atoms with Crippen LogP contribution in [0.1, 0.15) is 12.7 Å². The first-order chi connectivity index (χ1) is 10.1. The second-order valence-corrected chi connectivity index (χ2v) is 5.33. The third kappa shape index (κ3) is 2.61. The average molecular weight is 286 g/mol. The van der Waals surface area contributed by atoms with Crippen LogP contribution in [0, 0.1) is 6.92 Å². The molecule has 6 nitrogen and oxygen atoms in total. The van der Waals surface area contributed by atoms with Crippen LogP contribution >= 0.6 is 0 Å². The van der Waals surface area contributed by atoms with Crippen molar-refractivity contribution >= 4 is 22.6 Å². The molecule has 2 heterocycles. The van der Waals surface area contributed by atoms with Gasteiger partial charge in [-0.15, -0.1) is 0 Å². The number of hydrogen-bond acceptors (Lipinski definition) is 5. The lowest BCUT2D eigenvalue weighted by Crippen LogP contribution is -2.53. The van der Waals surface area contributed by atoms with Gasteiger partial charge in [0.05, 0.1) is 19.2 Å². The van der Waals surface area contributed by atoms with E-state index in [0.717, 1.165) is 29.0 Å². The Kier molecular flexibility index (Phi) is 3.37. The van der Waals surface area contributed by atoms with E-state index in [1.807, 2.05) is 36.9 Å². The Morgan fingerprint density at radius 3 is 2.90 bits per heavy atom. The highest BCUT2D eigenvalue weighted by Gasteiger charge is 2.24. The molecule has 1 N–H and O–H groups in total. The number of aromatic nitrogens is 2. The molecule has 1 unspecified atom stereocenters. The Morgan fingerprint density at radius 1 is 1.38 bits per heavy atom. The highest BCUT2D eigenvalue weighted by atomic mass is 16.5. The summed E-state index contributed by atoms with van der Waals surface area (Å²) >= 11 is 0. The summed E-state index contributed by atoms with van der Waals surface area (Å²) < 4.78 is 5.28. The number of methoxy groups -OCH3 is 1. The molecule has 1 aliphatic heterocycles. The summed E-state index contributed by atoms with van der Waals surface area (Å²) in [5, 5.41) is 3.82. The molecule has 1 amide bonds. The van der Waals surface area contributed by atoms with E-state index in [1.165, 1.54) is 0 Å².